The number of rotatable bonds is 3. The van der Waals surface area contributed by atoms with E-state index in [9.17, 15) is 18.0 Å². The smallest absolute Gasteiger partial charge is 0.335 e. The van der Waals surface area contributed by atoms with Crippen molar-refractivity contribution in [3.63, 3.8) is 0 Å². The number of sulfonamides is 1. The number of hydrogen-bond acceptors (Lipinski definition) is 4. The van der Waals surface area contributed by atoms with Crippen LogP contribution in [0.15, 0.2) is 18.2 Å². The average Bonchev–Trinajstić information content (AvgIpc) is 2.35. The van der Waals surface area contributed by atoms with Crippen LogP contribution in [0.2, 0.25) is 5.02 Å². The zero-order valence-electron chi connectivity index (χ0n) is 10.8. The Morgan fingerprint density at radius 3 is 2.45 bits per heavy atom. The van der Waals surface area contributed by atoms with Gasteiger partial charge >= 0.3 is 5.97 Å². The Hall–Kier alpha value is -1.60. The average molecular weight is 318 g/mol. The van der Waals surface area contributed by atoms with E-state index < -0.39 is 26.6 Å². The summed E-state index contributed by atoms with van der Waals surface area (Å²) < 4.78 is 23.2. The van der Waals surface area contributed by atoms with Crippen molar-refractivity contribution in [3.8, 4) is 0 Å². The first kappa shape index (κ1) is 14.8. The van der Waals surface area contributed by atoms with Crippen molar-refractivity contribution in [1.82, 2.24) is 4.31 Å². The van der Waals surface area contributed by atoms with Crippen LogP contribution >= 0.6 is 11.6 Å². The summed E-state index contributed by atoms with van der Waals surface area (Å²) in [4.78, 5) is 22.6. The number of carboxylic acid groups (broad SMARTS) is 1. The number of nitrogens with zero attached hydrogens (tertiary/aromatic N) is 1. The zero-order valence-corrected chi connectivity index (χ0v) is 12.3. The Balaban J connectivity index is 2.29. The lowest BCUT2D eigenvalue weighted by Gasteiger charge is -2.43. The zero-order chi connectivity index (χ0) is 15.3. The largest absolute Gasteiger partial charge is 0.478 e. The molecular weight excluding hydrogens is 306 g/mol. The maximum Gasteiger partial charge on any atom is 0.335 e. The van der Waals surface area contributed by atoms with Crippen molar-refractivity contribution in [1.29, 1.82) is 0 Å². The van der Waals surface area contributed by atoms with Crippen LogP contribution in [0.4, 0.5) is 0 Å². The van der Waals surface area contributed by atoms with E-state index in [2.05, 4.69) is 0 Å². The van der Waals surface area contributed by atoms with Crippen LogP contribution in [0.5, 0.6) is 0 Å². The Bertz CT molecular complexity index is 711. The van der Waals surface area contributed by atoms with Gasteiger partial charge < -0.3 is 5.11 Å². The van der Waals surface area contributed by atoms with Gasteiger partial charge in [0.25, 0.3) is 15.9 Å². The Morgan fingerprint density at radius 2 is 2.00 bits per heavy atom. The van der Waals surface area contributed by atoms with Crippen LogP contribution in [0.3, 0.4) is 0 Å². The fraction of sp³-hybridized carbons (Fsp3) is 0.333. The lowest BCUT2D eigenvalue weighted by molar-refractivity contribution is -0.132. The quantitative estimate of drug-likeness (QED) is 0.911. The van der Waals surface area contributed by atoms with Crippen LogP contribution in [0.1, 0.15) is 29.8 Å². The molecule has 20 heavy (non-hydrogen) atoms. The predicted molar refractivity (Wildman–Crippen MR) is 72.0 cm³/mol. The minimum atomic E-state index is -3.68. The van der Waals surface area contributed by atoms with Gasteiger partial charge in [-0.15, -0.1) is 0 Å². The molecule has 1 N–H and O–H groups in total. The highest BCUT2D eigenvalue weighted by Gasteiger charge is 2.59. The third kappa shape index (κ3) is 1.97. The fourth-order valence-corrected chi connectivity index (χ4v) is 3.62. The van der Waals surface area contributed by atoms with E-state index in [1.165, 1.54) is 32.0 Å². The Morgan fingerprint density at radius 1 is 1.40 bits per heavy atom. The molecule has 1 fully saturated rings. The van der Waals surface area contributed by atoms with Gasteiger partial charge in [0.2, 0.25) is 0 Å². The van der Waals surface area contributed by atoms with Crippen LogP contribution in [-0.2, 0) is 21.4 Å². The molecule has 0 saturated carbocycles. The summed E-state index contributed by atoms with van der Waals surface area (Å²) in [6.07, 6.45) is 0. The molecule has 1 amide bonds. The van der Waals surface area contributed by atoms with E-state index in [-0.39, 0.29) is 17.1 Å². The summed E-state index contributed by atoms with van der Waals surface area (Å²) in [6.45, 7) is 2.50. The van der Waals surface area contributed by atoms with Gasteiger partial charge in [-0.25, -0.2) is 17.5 Å². The summed E-state index contributed by atoms with van der Waals surface area (Å²) >= 11 is 5.91. The van der Waals surface area contributed by atoms with E-state index in [0.717, 1.165) is 4.31 Å². The molecule has 0 spiro atoms. The van der Waals surface area contributed by atoms with E-state index in [4.69, 9.17) is 16.7 Å². The van der Waals surface area contributed by atoms with E-state index in [1.807, 2.05) is 0 Å². The second-order valence-corrected chi connectivity index (χ2v) is 7.76. The van der Waals surface area contributed by atoms with E-state index in [0.29, 0.717) is 5.56 Å². The lowest BCUT2D eigenvalue weighted by Crippen LogP contribution is -2.66. The highest BCUT2D eigenvalue weighted by Crippen LogP contribution is 2.36. The summed E-state index contributed by atoms with van der Waals surface area (Å²) in [7, 11) is -3.68. The second-order valence-electron chi connectivity index (χ2n) is 4.94. The van der Waals surface area contributed by atoms with Gasteiger partial charge in [0.05, 0.1) is 12.1 Å². The molecule has 1 aromatic rings. The van der Waals surface area contributed by atoms with Crippen molar-refractivity contribution in [3.05, 3.63) is 34.3 Å². The minimum Gasteiger partial charge on any atom is -0.478 e. The molecule has 1 heterocycles. The minimum absolute atomic E-state index is 0.00290. The number of carbonyl (C=O) groups is 2. The third-order valence-corrected chi connectivity index (χ3v) is 5.98. The normalized spacial score (nSPS) is 19.6. The van der Waals surface area contributed by atoms with Gasteiger partial charge in [0.1, 0.15) is 0 Å². The Labute approximate surface area is 121 Å². The third-order valence-electron chi connectivity index (χ3n) is 3.29. The van der Waals surface area contributed by atoms with E-state index >= 15 is 0 Å². The van der Waals surface area contributed by atoms with E-state index in [1.54, 1.807) is 0 Å². The van der Waals surface area contributed by atoms with Crippen LogP contribution < -0.4 is 0 Å². The number of carboxylic acids is 1. The highest BCUT2D eigenvalue weighted by molar-refractivity contribution is 7.94. The van der Waals surface area contributed by atoms with Gasteiger partial charge in [-0.2, -0.15) is 0 Å². The van der Waals surface area contributed by atoms with Crippen molar-refractivity contribution in [2.45, 2.75) is 25.1 Å². The second kappa shape index (κ2) is 4.46. The van der Waals surface area contributed by atoms with Crippen molar-refractivity contribution >= 4 is 33.5 Å². The number of carbonyl (C=O) groups excluding carboxylic acids is 1. The van der Waals surface area contributed by atoms with Gasteiger partial charge in [-0.05, 0) is 31.5 Å². The van der Waals surface area contributed by atoms with Crippen LogP contribution in [-0.4, -0.2) is 34.5 Å². The number of aromatic carboxylic acids is 1. The summed E-state index contributed by atoms with van der Waals surface area (Å²) in [5, 5.41) is 8.92. The lowest BCUT2D eigenvalue weighted by atomic mass is 10.1. The van der Waals surface area contributed by atoms with Gasteiger partial charge in [-0.3, -0.25) is 4.79 Å². The molecule has 108 valence electrons. The summed E-state index contributed by atoms with van der Waals surface area (Å²) in [5.74, 6) is -1.64. The van der Waals surface area contributed by atoms with Crippen molar-refractivity contribution in [2.75, 3.05) is 0 Å². The molecule has 1 saturated heterocycles. The summed E-state index contributed by atoms with van der Waals surface area (Å²) in [5.41, 5.74) is 0.376. The molecule has 0 aromatic heterocycles. The number of benzene rings is 1. The van der Waals surface area contributed by atoms with Gasteiger partial charge in [0.15, 0.2) is 4.75 Å². The standard InChI is InChI=1S/C12H12ClNO5S/c1-12(2)11(17)14(20(12,18)19)6-8-4-3-7(10(15)16)5-9(8)13/h3-5H,6H2,1-2H3,(H,15,16). The molecule has 0 bridgehead atoms. The molecule has 8 heteroatoms. The number of hydrogen-bond donors (Lipinski definition) is 1. The first-order valence-corrected chi connectivity index (χ1v) is 7.49. The topological polar surface area (TPSA) is 91.8 Å². The van der Waals surface area contributed by atoms with Crippen LogP contribution in [0, 0.1) is 0 Å². The number of amides is 1. The molecule has 0 radical (unpaired) electrons. The van der Waals surface area contributed by atoms with Crippen LogP contribution in [0.25, 0.3) is 0 Å². The van der Waals surface area contributed by atoms with Gasteiger partial charge in [-0.1, -0.05) is 17.7 Å². The first-order valence-electron chi connectivity index (χ1n) is 5.67. The monoisotopic (exact) mass is 317 g/mol. The van der Waals surface area contributed by atoms with Gasteiger partial charge in [0, 0.05) is 5.02 Å². The molecule has 6 nitrogen and oxygen atoms in total. The fourth-order valence-electron chi connectivity index (χ4n) is 1.88. The molecule has 1 aliphatic rings. The molecular formula is C12H12ClNO5S. The Kier molecular flexibility index (Phi) is 3.30. The SMILES string of the molecule is CC1(C)C(=O)N(Cc2ccc(C(=O)O)cc2Cl)S1(=O)=O. The number of halogens is 1. The highest BCUT2D eigenvalue weighted by atomic mass is 35.5. The molecule has 0 unspecified atom stereocenters. The molecule has 2 rings (SSSR count). The first-order chi connectivity index (χ1) is 9.09. The predicted octanol–water partition coefficient (Wildman–Crippen LogP) is 1.49. The maximum atomic E-state index is 11.9. The summed E-state index contributed by atoms with van der Waals surface area (Å²) in [6, 6.07) is 3.94. The maximum absolute atomic E-state index is 11.9. The molecule has 0 aliphatic carbocycles. The molecule has 1 aliphatic heterocycles. The molecule has 1 aromatic carbocycles. The van der Waals surface area contributed by atoms with Crippen molar-refractivity contribution in [2.24, 2.45) is 0 Å². The van der Waals surface area contributed by atoms with Crippen molar-refractivity contribution < 1.29 is 23.1 Å². The molecule has 0 atom stereocenters.